The van der Waals surface area contributed by atoms with Crippen LogP contribution in [-0.4, -0.2) is 43.1 Å². The highest BCUT2D eigenvalue weighted by atomic mass is 19.1. The van der Waals surface area contributed by atoms with E-state index in [0.29, 0.717) is 13.1 Å². The molecule has 126 valence electrons. The number of carbonyl (C=O) groups excluding carboxylic acids is 1. The molecule has 1 saturated heterocycles. The van der Waals surface area contributed by atoms with Crippen LogP contribution in [0.2, 0.25) is 0 Å². The topological polar surface area (TPSA) is 57.3 Å². The van der Waals surface area contributed by atoms with Gasteiger partial charge in [-0.05, 0) is 48.4 Å². The van der Waals surface area contributed by atoms with Gasteiger partial charge in [0.2, 0.25) is 5.91 Å². The molecule has 1 atom stereocenters. The van der Waals surface area contributed by atoms with E-state index in [9.17, 15) is 9.18 Å². The molecule has 1 aromatic heterocycles. The number of amides is 1. The van der Waals surface area contributed by atoms with Crippen LogP contribution in [0.1, 0.15) is 5.56 Å². The standard InChI is InChI=1S/C18H21FN4O/c19-15-1-3-16(4-2-15)23-12-11-21-17(13-23)18(24)22-10-7-14-5-8-20-9-6-14/h1-6,8-9,17,21H,7,10-13H2,(H,22,24)/t17-/m0/s1. The molecule has 1 fully saturated rings. The summed E-state index contributed by atoms with van der Waals surface area (Å²) in [7, 11) is 0. The van der Waals surface area contributed by atoms with Crippen LogP contribution >= 0.6 is 0 Å². The molecule has 1 aromatic carbocycles. The Morgan fingerprint density at radius 1 is 1.25 bits per heavy atom. The second-order valence-electron chi connectivity index (χ2n) is 5.83. The summed E-state index contributed by atoms with van der Waals surface area (Å²) in [5.41, 5.74) is 2.09. The minimum atomic E-state index is -0.263. The molecule has 0 bridgehead atoms. The minimum absolute atomic E-state index is 0.00383. The van der Waals surface area contributed by atoms with E-state index in [-0.39, 0.29) is 17.8 Å². The first-order chi connectivity index (χ1) is 11.7. The van der Waals surface area contributed by atoms with Crippen LogP contribution in [-0.2, 0) is 11.2 Å². The van der Waals surface area contributed by atoms with Crippen molar-refractivity contribution >= 4 is 11.6 Å². The molecule has 0 unspecified atom stereocenters. The molecule has 1 aliphatic rings. The highest BCUT2D eigenvalue weighted by Crippen LogP contribution is 2.16. The van der Waals surface area contributed by atoms with Gasteiger partial charge in [-0.2, -0.15) is 0 Å². The summed E-state index contributed by atoms with van der Waals surface area (Å²) in [6, 6.07) is 10.0. The van der Waals surface area contributed by atoms with Gasteiger partial charge in [0, 0.05) is 44.3 Å². The van der Waals surface area contributed by atoms with E-state index < -0.39 is 0 Å². The zero-order valence-corrected chi connectivity index (χ0v) is 13.4. The number of rotatable bonds is 5. The number of halogens is 1. The maximum absolute atomic E-state index is 13.0. The normalized spacial score (nSPS) is 17.5. The van der Waals surface area contributed by atoms with Crippen molar-refractivity contribution in [2.75, 3.05) is 31.1 Å². The SMILES string of the molecule is O=C(NCCc1ccncc1)[C@@H]1CN(c2ccc(F)cc2)CCN1. The number of anilines is 1. The number of aromatic nitrogens is 1. The van der Waals surface area contributed by atoms with E-state index in [1.807, 2.05) is 12.1 Å². The maximum atomic E-state index is 13.0. The Bertz CT molecular complexity index is 662. The first-order valence-corrected chi connectivity index (χ1v) is 8.13. The summed E-state index contributed by atoms with van der Waals surface area (Å²) in [4.78, 5) is 18.4. The van der Waals surface area contributed by atoms with Crippen molar-refractivity contribution in [3.8, 4) is 0 Å². The van der Waals surface area contributed by atoms with Crippen molar-refractivity contribution in [1.29, 1.82) is 0 Å². The number of nitrogens with zero attached hydrogens (tertiary/aromatic N) is 2. The number of hydrogen-bond donors (Lipinski definition) is 2. The lowest BCUT2D eigenvalue weighted by Gasteiger charge is -2.34. The number of pyridine rings is 1. The lowest BCUT2D eigenvalue weighted by atomic mass is 10.1. The molecule has 2 N–H and O–H groups in total. The summed E-state index contributed by atoms with van der Waals surface area (Å²) in [6.07, 6.45) is 4.28. The van der Waals surface area contributed by atoms with Crippen LogP contribution in [0.15, 0.2) is 48.8 Å². The molecule has 0 saturated carbocycles. The molecule has 0 spiro atoms. The molecule has 0 aliphatic carbocycles. The number of nitrogens with one attached hydrogen (secondary N) is 2. The first-order valence-electron chi connectivity index (χ1n) is 8.13. The van der Waals surface area contributed by atoms with Crippen molar-refractivity contribution in [1.82, 2.24) is 15.6 Å². The summed E-state index contributed by atoms with van der Waals surface area (Å²) in [5, 5.41) is 6.21. The van der Waals surface area contributed by atoms with E-state index in [1.54, 1.807) is 24.5 Å². The Kier molecular flexibility index (Phi) is 5.38. The Hall–Kier alpha value is -2.47. The minimum Gasteiger partial charge on any atom is -0.368 e. The first kappa shape index (κ1) is 16.4. The molecular formula is C18H21FN4O. The lowest BCUT2D eigenvalue weighted by molar-refractivity contribution is -0.123. The van der Waals surface area contributed by atoms with Gasteiger partial charge in [0.1, 0.15) is 11.9 Å². The average Bonchev–Trinajstić information content (AvgIpc) is 2.63. The molecule has 1 aliphatic heterocycles. The predicted octanol–water partition coefficient (Wildman–Crippen LogP) is 1.36. The predicted molar refractivity (Wildman–Crippen MR) is 91.4 cm³/mol. The van der Waals surface area contributed by atoms with E-state index in [4.69, 9.17) is 0 Å². The second kappa shape index (κ2) is 7.88. The van der Waals surface area contributed by atoms with E-state index >= 15 is 0 Å². The molecule has 5 nitrogen and oxygen atoms in total. The molecule has 1 amide bonds. The van der Waals surface area contributed by atoms with Crippen LogP contribution in [0.5, 0.6) is 0 Å². The van der Waals surface area contributed by atoms with Gasteiger partial charge in [-0.15, -0.1) is 0 Å². The summed E-state index contributed by atoms with van der Waals surface area (Å²) in [5.74, 6) is -0.254. The fourth-order valence-electron chi connectivity index (χ4n) is 2.81. The van der Waals surface area contributed by atoms with Gasteiger partial charge in [-0.25, -0.2) is 4.39 Å². The average molecular weight is 328 g/mol. The zero-order chi connectivity index (χ0) is 16.8. The van der Waals surface area contributed by atoms with Crippen molar-refractivity contribution in [2.45, 2.75) is 12.5 Å². The van der Waals surface area contributed by atoms with Crippen LogP contribution in [0.4, 0.5) is 10.1 Å². The highest BCUT2D eigenvalue weighted by Gasteiger charge is 2.25. The summed E-state index contributed by atoms with van der Waals surface area (Å²) >= 11 is 0. The lowest BCUT2D eigenvalue weighted by Crippen LogP contribution is -2.57. The molecule has 0 radical (unpaired) electrons. The van der Waals surface area contributed by atoms with E-state index in [1.165, 1.54) is 12.1 Å². The van der Waals surface area contributed by atoms with Gasteiger partial charge in [0.05, 0.1) is 0 Å². The Labute approximate surface area is 140 Å². The summed E-state index contributed by atoms with van der Waals surface area (Å²) < 4.78 is 13.0. The molecule has 2 aromatic rings. The molecule has 24 heavy (non-hydrogen) atoms. The van der Waals surface area contributed by atoms with E-state index in [2.05, 4.69) is 20.5 Å². The van der Waals surface area contributed by atoms with Crippen LogP contribution in [0.25, 0.3) is 0 Å². The smallest absolute Gasteiger partial charge is 0.238 e. The van der Waals surface area contributed by atoms with Gasteiger partial charge in [-0.3, -0.25) is 9.78 Å². The number of carbonyl (C=O) groups is 1. The van der Waals surface area contributed by atoms with Crippen molar-refractivity contribution < 1.29 is 9.18 Å². The van der Waals surface area contributed by atoms with Crippen LogP contribution < -0.4 is 15.5 Å². The quantitative estimate of drug-likeness (QED) is 0.870. The van der Waals surface area contributed by atoms with Crippen molar-refractivity contribution in [2.24, 2.45) is 0 Å². The van der Waals surface area contributed by atoms with Crippen LogP contribution in [0.3, 0.4) is 0 Å². The maximum Gasteiger partial charge on any atom is 0.238 e. The monoisotopic (exact) mass is 328 g/mol. The number of piperazine rings is 1. The number of hydrogen-bond acceptors (Lipinski definition) is 4. The van der Waals surface area contributed by atoms with Gasteiger partial charge in [0.25, 0.3) is 0 Å². The van der Waals surface area contributed by atoms with Gasteiger partial charge in [0.15, 0.2) is 0 Å². The number of benzene rings is 1. The van der Waals surface area contributed by atoms with Crippen molar-refractivity contribution in [3.05, 3.63) is 60.2 Å². The van der Waals surface area contributed by atoms with Gasteiger partial charge in [-0.1, -0.05) is 0 Å². The Morgan fingerprint density at radius 3 is 2.75 bits per heavy atom. The third kappa shape index (κ3) is 4.29. The Morgan fingerprint density at radius 2 is 2.00 bits per heavy atom. The fourth-order valence-corrected chi connectivity index (χ4v) is 2.81. The second-order valence-corrected chi connectivity index (χ2v) is 5.83. The largest absolute Gasteiger partial charge is 0.368 e. The third-order valence-corrected chi connectivity index (χ3v) is 4.15. The molecular weight excluding hydrogens is 307 g/mol. The fraction of sp³-hybridized carbons (Fsp3) is 0.333. The highest BCUT2D eigenvalue weighted by molar-refractivity contribution is 5.82. The summed E-state index contributed by atoms with van der Waals surface area (Å²) in [6.45, 7) is 2.69. The Balaban J connectivity index is 1.50. The molecule has 2 heterocycles. The van der Waals surface area contributed by atoms with Crippen molar-refractivity contribution in [3.63, 3.8) is 0 Å². The van der Waals surface area contributed by atoms with Crippen LogP contribution in [0, 0.1) is 5.82 Å². The van der Waals surface area contributed by atoms with Gasteiger partial charge < -0.3 is 15.5 Å². The third-order valence-electron chi connectivity index (χ3n) is 4.15. The molecule has 3 rings (SSSR count). The van der Waals surface area contributed by atoms with E-state index in [0.717, 1.165) is 30.8 Å². The molecule has 6 heteroatoms. The zero-order valence-electron chi connectivity index (χ0n) is 13.4. The van der Waals surface area contributed by atoms with Gasteiger partial charge >= 0.3 is 0 Å².